The van der Waals surface area contributed by atoms with Crippen molar-refractivity contribution in [1.29, 1.82) is 0 Å². The van der Waals surface area contributed by atoms with E-state index in [2.05, 4.69) is 21.2 Å². The highest BCUT2D eigenvalue weighted by molar-refractivity contribution is 9.10. The third kappa shape index (κ3) is 4.56. The van der Waals surface area contributed by atoms with E-state index in [0.717, 1.165) is 0 Å². The Bertz CT molecular complexity index is 431. The van der Waals surface area contributed by atoms with Crippen LogP contribution in [-0.2, 0) is 11.2 Å². The van der Waals surface area contributed by atoms with Gasteiger partial charge in [0.2, 0.25) is 5.91 Å². The molecule has 0 saturated carbocycles. The molecule has 0 fully saturated rings. The summed E-state index contributed by atoms with van der Waals surface area (Å²) < 4.78 is 26.9. The molecule has 0 aliphatic rings. The smallest absolute Gasteiger partial charge is 0.234 e. The average Bonchev–Trinajstić information content (AvgIpc) is 2.32. The van der Waals surface area contributed by atoms with Gasteiger partial charge in [0, 0.05) is 11.6 Å². The lowest BCUT2D eigenvalue weighted by Crippen LogP contribution is -2.40. The van der Waals surface area contributed by atoms with Crippen molar-refractivity contribution < 1.29 is 13.6 Å². The van der Waals surface area contributed by atoms with E-state index in [9.17, 15) is 13.6 Å². The standard InChI is InChI=1S/C14H18BrF2NO/c1-8(2)13(15)14(19)18-9(3)7-10-11(16)5-4-6-12(10)17/h4-6,8-9,13H,7H2,1-3H3,(H,18,19). The molecule has 2 unspecified atom stereocenters. The van der Waals surface area contributed by atoms with Gasteiger partial charge in [-0.25, -0.2) is 8.78 Å². The predicted molar refractivity (Wildman–Crippen MR) is 75.2 cm³/mol. The third-order valence-electron chi connectivity index (χ3n) is 2.80. The van der Waals surface area contributed by atoms with Crippen LogP contribution in [0, 0.1) is 17.6 Å². The second kappa shape index (κ2) is 6.98. The van der Waals surface area contributed by atoms with Crippen LogP contribution in [0.5, 0.6) is 0 Å². The van der Waals surface area contributed by atoms with Crippen molar-refractivity contribution >= 4 is 21.8 Å². The van der Waals surface area contributed by atoms with Gasteiger partial charge in [-0.15, -0.1) is 0 Å². The number of amides is 1. The summed E-state index contributed by atoms with van der Waals surface area (Å²) in [6.07, 6.45) is 0.127. The Hall–Kier alpha value is -0.970. The lowest BCUT2D eigenvalue weighted by atomic mass is 10.0. The lowest BCUT2D eigenvalue weighted by molar-refractivity contribution is -0.121. The van der Waals surface area contributed by atoms with Crippen LogP contribution >= 0.6 is 15.9 Å². The summed E-state index contributed by atoms with van der Waals surface area (Å²) in [5.74, 6) is -1.18. The SMILES string of the molecule is CC(Cc1c(F)cccc1F)NC(=O)C(Br)C(C)C. The number of hydrogen-bond acceptors (Lipinski definition) is 1. The lowest BCUT2D eigenvalue weighted by Gasteiger charge is -2.19. The molecular formula is C14H18BrF2NO. The van der Waals surface area contributed by atoms with E-state index < -0.39 is 11.6 Å². The number of carbonyl (C=O) groups is 1. The second-order valence-electron chi connectivity index (χ2n) is 4.96. The fourth-order valence-corrected chi connectivity index (χ4v) is 1.84. The third-order valence-corrected chi connectivity index (χ3v) is 4.27. The quantitative estimate of drug-likeness (QED) is 0.822. The van der Waals surface area contributed by atoms with Gasteiger partial charge < -0.3 is 5.32 Å². The van der Waals surface area contributed by atoms with E-state index in [1.165, 1.54) is 18.2 Å². The molecule has 1 amide bonds. The van der Waals surface area contributed by atoms with Gasteiger partial charge in [-0.2, -0.15) is 0 Å². The molecule has 1 aromatic rings. The van der Waals surface area contributed by atoms with Gasteiger partial charge in [0.15, 0.2) is 0 Å². The van der Waals surface area contributed by atoms with Crippen LogP contribution in [0.4, 0.5) is 8.78 Å². The molecule has 1 N–H and O–H groups in total. The number of nitrogens with one attached hydrogen (secondary N) is 1. The number of carbonyl (C=O) groups excluding carboxylic acids is 1. The molecule has 19 heavy (non-hydrogen) atoms. The number of halogens is 3. The van der Waals surface area contributed by atoms with Crippen LogP contribution in [0.1, 0.15) is 26.3 Å². The van der Waals surface area contributed by atoms with Gasteiger partial charge in [0.1, 0.15) is 11.6 Å². The van der Waals surface area contributed by atoms with Crippen LogP contribution in [0.15, 0.2) is 18.2 Å². The van der Waals surface area contributed by atoms with Gasteiger partial charge in [0.05, 0.1) is 4.83 Å². The molecule has 0 radical (unpaired) electrons. The summed E-state index contributed by atoms with van der Waals surface area (Å²) in [6.45, 7) is 5.56. The molecule has 0 saturated heterocycles. The van der Waals surface area contributed by atoms with Gasteiger partial charge in [-0.1, -0.05) is 35.8 Å². The van der Waals surface area contributed by atoms with Crippen LogP contribution in [0.25, 0.3) is 0 Å². The maximum Gasteiger partial charge on any atom is 0.234 e. The van der Waals surface area contributed by atoms with Crippen molar-refractivity contribution in [2.75, 3.05) is 0 Å². The minimum absolute atomic E-state index is 0.00553. The van der Waals surface area contributed by atoms with Crippen LogP contribution in [0.3, 0.4) is 0 Å². The monoisotopic (exact) mass is 333 g/mol. The first-order valence-corrected chi connectivity index (χ1v) is 7.11. The summed E-state index contributed by atoms with van der Waals surface area (Å²) in [7, 11) is 0. The zero-order chi connectivity index (χ0) is 14.6. The molecule has 106 valence electrons. The minimum Gasteiger partial charge on any atom is -0.352 e. The molecule has 0 spiro atoms. The van der Waals surface area contributed by atoms with E-state index in [4.69, 9.17) is 0 Å². The van der Waals surface area contributed by atoms with E-state index in [0.29, 0.717) is 0 Å². The molecule has 1 rings (SSSR count). The Kier molecular flexibility index (Phi) is 5.91. The number of alkyl halides is 1. The molecule has 0 aromatic heterocycles. The maximum absolute atomic E-state index is 13.5. The number of benzene rings is 1. The Balaban J connectivity index is 2.66. The Morgan fingerprint density at radius 3 is 2.26 bits per heavy atom. The predicted octanol–water partition coefficient (Wildman–Crippen LogP) is 3.43. The Labute approximate surface area is 120 Å². The van der Waals surface area contributed by atoms with Crippen molar-refractivity contribution in [2.24, 2.45) is 5.92 Å². The zero-order valence-electron chi connectivity index (χ0n) is 11.2. The van der Waals surface area contributed by atoms with Crippen molar-refractivity contribution in [3.05, 3.63) is 35.4 Å². The first-order valence-electron chi connectivity index (χ1n) is 6.20. The fraction of sp³-hybridized carbons (Fsp3) is 0.500. The number of rotatable bonds is 5. The van der Waals surface area contributed by atoms with Crippen molar-refractivity contribution in [3.8, 4) is 0 Å². The molecule has 2 nitrogen and oxygen atoms in total. The first-order chi connectivity index (χ1) is 8.82. The summed E-state index contributed by atoms with van der Waals surface area (Å²) in [5.41, 5.74) is 0.00553. The van der Waals surface area contributed by atoms with E-state index in [1.807, 2.05) is 13.8 Å². The van der Waals surface area contributed by atoms with E-state index in [1.54, 1.807) is 6.92 Å². The second-order valence-corrected chi connectivity index (χ2v) is 5.95. The van der Waals surface area contributed by atoms with Crippen molar-refractivity contribution in [2.45, 2.75) is 38.1 Å². The van der Waals surface area contributed by atoms with E-state index >= 15 is 0 Å². The zero-order valence-corrected chi connectivity index (χ0v) is 12.8. The Morgan fingerprint density at radius 2 is 1.79 bits per heavy atom. The first kappa shape index (κ1) is 16.1. The summed E-state index contributed by atoms with van der Waals surface area (Å²) in [4.78, 5) is 11.5. The van der Waals surface area contributed by atoms with Crippen LogP contribution in [-0.4, -0.2) is 16.8 Å². The molecule has 0 aliphatic heterocycles. The highest BCUT2D eigenvalue weighted by Crippen LogP contribution is 2.15. The largest absolute Gasteiger partial charge is 0.352 e. The molecule has 1 aromatic carbocycles. The van der Waals surface area contributed by atoms with Crippen molar-refractivity contribution in [3.63, 3.8) is 0 Å². The minimum atomic E-state index is -0.583. The van der Waals surface area contributed by atoms with Gasteiger partial charge in [0.25, 0.3) is 0 Å². The number of hydrogen-bond donors (Lipinski definition) is 1. The van der Waals surface area contributed by atoms with Crippen LogP contribution in [0.2, 0.25) is 0 Å². The topological polar surface area (TPSA) is 29.1 Å². The average molecular weight is 334 g/mol. The van der Waals surface area contributed by atoms with E-state index in [-0.39, 0.29) is 34.7 Å². The summed E-state index contributed by atoms with van der Waals surface area (Å²) in [5, 5.41) is 2.74. The van der Waals surface area contributed by atoms with Gasteiger partial charge in [-0.05, 0) is 31.4 Å². The summed E-state index contributed by atoms with van der Waals surface area (Å²) in [6, 6.07) is 3.42. The van der Waals surface area contributed by atoms with Crippen molar-refractivity contribution in [1.82, 2.24) is 5.32 Å². The molecular weight excluding hydrogens is 316 g/mol. The highest BCUT2D eigenvalue weighted by atomic mass is 79.9. The van der Waals surface area contributed by atoms with Gasteiger partial charge >= 0.3 is 0 Å². The molecule has 2 atom stereocenters. The maximum atomic E-state index is 13.5. The highest BCUT2D eigenvalue weighted by Gasteiger charge is 2.21. The fourth-order valence-electron chi connectivity index (χ4n) is 1.71. The normalized spacial score (nSPS) is 14.3. The van der Waals surface area contributed by atoms with Gasteiger partial charge in [-0.3, -0.25) is 4.79 Å². The molecule has 0 heterocycles. The Morgan fingerprint density at radius 1 is 1.26 bits per heavy atom. The summed E-state index contributed by atoms with van der Waals surface area (Å²) >= 11 is 3.29. The molecule has 5 heteroatoms. The van der Waals surface area contributed by atoms with Crippen LogP contribution < -0.4 is 5.32 Å². The molecule has 0 bridgehead atoms. The molecule has 0 aliphatic carbocycles.